The Morgan fingerprint density at radius 3 is 2.22 bits per heavy atom. The van der Waals surface area contributed by atoms with Crippen LogP contribution in [-0.4, -0.2) is 88.3 Å². The van der Waals surface area contributed by atoms with Crippen LogP contribution in [0.4, 0.5) is 14.5 Å². The van der Waals surface area contributed by atoms with Gasteiger partial charge in [-0.3, -0.25) is 37.5 Å². The third-order valence-electron chi connectivity index (χ3n) is 14.7. The maximum absolute atomic E-state index is 16.5. The fourth-order valence-electron chi connectivity index (χ4n) is 11.9. The van der Waals surface area contributed by atoms with Crippen LogP contribution in [0, 0.1) is 28.6 Å². The summed E-state index contributed by atoms with van der Waals surface area (Å²) in [6, 6.07) is 9.11. The number of esters is 1. The van der Waals surface area contributed by atoms with Crippen molar-refractivity contribution in [1.29, 1.82) is 0 Å². The number of ketones is 2. The Kier molecular flexibility index (Phi) is 15.6. The molecule has 2 aromatic carbocycles. The molecular weight excluding hydrogens is 968 g/mol. The first-order valence-electron chi connectivity index (χ1n) is 25.0. The second-order valence-corrected chi connectivity index (χ2v) is 25.0. The summed E-state index contributed by atoms with van der Waals surface area (Å²) in [7, 11) is -4.41. The number of halogens is 2. The highest BCUT2D eigenvalue weighted by molar-refractivity contribution is 7.48. The van der Waals surface area contributed by atoms with Crippen LogP contribution in [0.2, 0.25) is 0 Å². The molecule has 4 aliphatic carbocycles. The minimum atomic E-state index is -4.41. The molecule has 1 aliphatic heterocycles. The van der Waals surface area contributed by atoms with Crippen molar-refractivity contribution in [3.05, 3.63) is 89.0 Å². The van der Waals surface area contributed by atoms with Crippen LogP contribution < -0.4 is 16.4 Å². The third kappa shape index (κ3) is 11.7. The highest BCUT2D eigenvalue weighted by Gasteiger charge is 2.76. The second-order valence-electron chi connectivity index (χ2n) is 23.5. The van der Waals surface area contributed by atoms with Crippen molar-refractivity contribution in [2.75, 3.05) is 18.5 Å². The zero-order valence-electron chi connectivity index (χ0n) is 43.7. The van der Waals surface area contributed by atoms with Gasteiger partial charge in [-0.25, -0.2) is 4.57 Å². The maximum atomic E-state index is 16.5. The van der Waals surface area contributed by atoms with Gasteiger partial charge in [0.15, 0.2) is 23.5 Å². The number of hydrogen-bond acceptors (Lipinski definition) is 14. The summed E-state index contributed by atoms with van der Waals surface area (Å²) in [6.07, 6.45) is 3.37. The quantitative estimate of drug-likeness (QED) is 0.0911. The molecular formula is C54H72F2N3O13P. The molecule has 16 nitrogen and oxygen atoms in total. The summed E-state index contributed by atoms with van der Waals surface area (Å²) in [5.41, 5.74) is -0.373. The van der Waals surface area contributed by atoms with Crippen LogP contribution in [0.25, 0.3) is 0 Å². The number of Topliss-reactive ketones (excluding diaryl/α,β-unsaturated/α-hetero) is 1. The van der Waals surface area contributed by atoms with E-state index in [0.717, 1.165) is 11.6 Å². The molecule has 3 saturated carbocycles. The van der Waals surface area contributed by atoms with Gasteiger partial charge in [0.1, 0.15) is 18.2 Å². The topological polar surface area (TPSA) is 228 Å². The first-order valence-corrected chi connectivity index (χ1v) is 26.4. The molecule has 5 aliphatic rings. The van der Waals surface area contributed by atoms with Gasteiger partial charge in [0, 0.05) is 45.5 Å². The minimum absolute atomic E-state index is 0.00286. The Morgan fingerprint density at radius 2 is 1.60 bits per heavy atom. The highest BCUT2D eigenvalue weighted by atomic mass is 31.2. The second kappa shape index (κ2) is 20.2. The molecule has 10 atom stereocenters. The van der Waals surface area contributed by atoms with Crippen molar-refractivity contribution in [2.24, 2.45) is 34.3 Å². The van der Waals surface area contributed by atoms with Crippen molar-refractivity contribution < 1.29 is 70.2 Å². The normalized spacial score (nSPS) is 29.5. The molecule has 4 fully saturated rings. The number of nitrogens with two attached hydrogens (primary N) is 1. The first kappa shape index (κ1) is 56.2. The number of alkyl halides is 2. The largest absolute Gasteiger partial charge is 0.476 e. The average molecular weight is 1040 g/mol. The SMILES string of the molecule is CC(C)(C)OC(=O)CC[C@H](NC(=O)CN)C(=O)Nc1cccc(C(F)(F)c2ccc([C@@H]3O[C@@H]4C[C@H]5[C@@H]6CCC7=CC(=O)C=C[C@]7(C)[C@H]6[C@@H](O)C[C@]5(C)[C@]4(C(=O)COP(=O)(OC(C)(C)C)OC(C)(C)C)O3)cc2)c1. The summed E-state index contributed by atoms with van der Waals surface area (Å²) in [4.78, 5) is 65.8. The Labute approximate surface area is 426 Å². The lowest BCUT2D eigenvalue weighted by atomic mass is 9.46. The van der Waals surface area contributed by atoms with Crippen molar-refractivity contribution in [3.8, 4) is 0 Å². The smallest absolute Gasteiger partial charge is 0.460 e. The number of aliphatic hydroxyl groups excluding tert-OH is 1. The monoisotopic (exact) mass is 1040 g/mol. The van der Waals surface area contributed by atoms with Gasteiger partial charge in [-0.15, -0.1) is 0 Å². The van der Waals surface area contributed by atoms with E-state index in [9.17, 15) is 28.8 Å². The van der Waals surface area contributed by atoms with Gasteiger partial charge in [-0.05, 0) is 131 Å². The summed E-state index contributed by atoms with van der Waals surface area (Å²) in [5.74, 6) is -6.95. The van der Waals surface area contributed by atoms with Crippen LogP contribution in [0.1, 0.15) is 138 Å². The standard InChI is InChI=1S/C54H72F2N3O13P/c1-48(2,3)69-44(64)22-21-39(59-43(63)29-57)46(65)58-35-14-12-13-34(25-35)54(55,56)32-17-15-31(16-18-32)47-68-42-27-38-37-20-19-33-26-36(60)23-24-51(33,10)45(37)40(61)28-52(38,11)53(42,70-47)41(62)30-67-73(66,71-49(4,5)6)72-50(7,8)9/h12-18,23-26,37-40,42,45,47,61H,19-22,27-30,57H2,1-11H3,(H,58,65)(H,59,63)/t37-,38-,39-,40-,42+,45+,47+,51-,52-,53+/m0/s1. The number of nitrogens with one attached hydrogen (secondary N) is 2. The Bertz CT molecular complexity index is 2570. The summed E-state index contributed by atoms with van der Waals surface area (Å²) in [5, 5.41) is 17.3. The fourth-order valence-corrected chi connectivity index (χ4v) is 13.7. The van der Waals surface area contributed by atoms with E-state index in [1.807, 2.05) is 19.9 Å². The summed E-state index contributed by atoms with van der Waals surface area (Å²) >= 11 is 0. The van der Waals surface area contributed by atoms with Crippen molar-refractivity contribution in [2.45, 2.75) is 168 Å². The molecule has 0 aromatic heterocycles. The number of phosphoric ester groups is 1. The number of fused-ring (bicyclic) bond motifs is 7. The number of hydrogen-bond donors (Lipinski definition) is 4. The Balaban J connectivity index is 1.15. The number of anilines is 1. The molecule has 19 heteroatoms. The lowest BCUT2D eigenvalue weighted by molar-refractivity contribution is -0.201. The lowest BCUT2D eigenvalue weighted by Gasteiger charge is -2.59. The van der Waals surface area contributed by atoms with Crippen molar-refractivity contribution in [3.63, 3.8) is 0 Å². The molecule has 0 unspecified atom stereocenters. The molecule has 0 spiro atoms. The van der Waals surface area contributed by atoms with Gasteiger partial charge in [-0.2, -0.15) is 8.78 Å². The molecule has 2 amide bonds. The highest BCUT2D eigenvalue weighted by Crippen LogP contribution is 2.71. The van der Waals surface area contributed by atoms with Gasteiger partial charge in [0.25, 0.3) is 5.92 Å². The zero-order chi connectivity index (χ0) is 53.9. The number of ether oxygens (including phenoxy) is 3. The van der Waals surface area contributed by atoms with Crippen LogP contribution >= 0.6 is 7.82 Å². The van der Waals surface area contributed by atoms with Gasteiger partial charge in [0.2, 0.25) is 11.8 Å². The zero-order valence-corrected chi connectivity index (χ0v) is 44.6. The number of carbonyl (C=O) groups excluding carboxylic acids is 5. The first-order chi connectivity index (χ1) is 33.7. The van der Waals surface area contributed by atoms with E-state index in [0.29, 0.717) is 24.8 Å². The molecule has 1 saturated heterocycles. The summed E-state index contributed by atoms with van der Waals surface area (Å²) in [6.45, 7) is 17.9. The third-order valence-corrected chi connectivity index (χ3v) is 16.7. The van der Waals surface area contributed by atoms with E-state index in [2.05, 4.69) is 10.6 Å². The number of carbonyl (C=O) groups is 5. The predicted octanol–water partition coefficient (Wildman–Crippen LogP) is 8.70. The van der Waals surface area contributed by atoms with Crippen LogP contribution in [0.5, 0.6) is 0 Å². The molecule has 5 N–H and O–H groups in total. The molecule has 7 rings (SSSR count). The number of rotatable bonds is 16. The predicted molar refractivity (Wildman–Crippen MR) is 266 cm³/mol. The molecule has 73 heavy (non-hydrogen) atoms. The number of amides is 2. The van der Waals surface area contributed by atoms with E-state index < -0.39 is 119 Å². The lowest BCUT2D eigenvalue weighted by Crippen LogP contribution is -2.63. The molecule has 400 valence electrons. The summed E-state index contributed by atoms with van der Waals surface area (Å²) < 4.78 is 83.8. The number of benzene rings is 2. The van der Waals surface area contributed by atoms with Gasteiger partial charge in [-0.1, -0.05) is 61.9 Å². The van der Waals surface area contributed by atoms with Crippen molar-refractivity contribution in [1.82, 2.24) is 5.32 Å². The van der Waals surface area contributed by atoms with Gasteiger partial charge in [0.05, 0.1) is 30.0 Å². The molecule has 0 bridgehead atoms. The van der Waals surface area contributed by atoms with Crippen LogP contribution in [0.15, 0.2) is 72.3 Å². The number of aliphatic hydroxyl groups is 1. The van der Waals surface area contributed by atoms with Gasteiger partial charge >= 0.3 is 13.8 Å². The van der Waals surface area contributed by atoms with E-state index in [-0.39, 0.29) is 48.5 Å². The van der Waals surface area contributed by atoms with E-state index in [1.165, 1.54) is 42.5 Å². The fraction of sp³-hybridized carbons (Fsp3) is 0.611. The van der Waals surface area contributed by atoms with Crippen LogP contribution in [-0.2, 0) is 62.2 Å². The Hall–Kier alpha value is -4.52. The molecule has 0 radical (unpaired) electrons. The van der Waals surface area contributed by atoms with Crippen LogP contribution in [0.3, 0.4) is 0 Å². The minimum Gasteiger partial charge on any atom is -0.460 e. The average Bonchev–Trinajstić information content (AvgIpc) is 3.78. The number of allylic oxidation sites excluding steroid dienone is 4. The molecule has 2 aromatic rings. The van der Waals surface area contributed by atoms with Gasteiger partial charge < -0.3 is 35.7 Å². The van der Waals surface area contributed by atoms with Crippen molar-refractivity contribution >= 4 is 42.9 Å². The maximum Gasteiger partial charge on any atom is 0.476 e. The Morgan fingerprint density at radius 1 is 0.945 bits per heavy atom. The van der Waals surface area contributed by atoms with E-state index in [1.54, 1.807) is 74.5 Å². The van der Waals surface area contributed by atoms with E-state index >= 15 is 13.6 Å². The molecule has 1 heterocycles. The number of phosphoric acid groups is 1. The van der Waals surface area contributed by atoms with E-state index in [4.69, 9.17) is 33.5 Å².